The standard InChI is InChI=1S/C27H28N4O5S/c1-17(32)29(2)16-27(13-14-27)18-4-6-19(7-5-18)30-15-12-22-23(26(34)36-37)28-31(24(22)25(30)33)20-8-10-21(35-3)11-9-20/h4-11,37H,12-16H2,1-3H3. The number of aromatic nitrogens is 2. The summed E-state index contributed by atoms with van der Waals surface area (Å²) in [6.45, 7) is 2.65. The molecule has 1 aliphatic heterocycles. The van der Waals surface area contributed by atoms with Crippen LogP contribution in [0.5, 0.6) is 5.75 Å². The van der Waals surface area contributed by atoms with Crippen LogP contribution in [0.3, 0.4) is 0 Å². The van der Waals surface area contributed by atoms with Gasteiger partial charge in [-0.2, -0.15) is 5.10 Å². The number of methoxy groups -OCH3 is 1. The lowest BCUT2D eigenvalue weighted by molar-refractivity contribution is -0.127. The number of thiol groups is 1. The zero-order valence-electron chi connectivity index (χ0n) is 20.9. The van der Waals surface area contributed by atoms with Gasteiger partial charge in [0.05, 0.1) is 12.8 Å². The lowest BCUT2D eigenvalue weighted by Gasteiger charge is -2.28. The van der Waals surface area contributed by atoms with Crippen molar-refractivity contribution < 1.29 is 23.3 Å². The first-order valence-electron chi connectivity index (χ1n) is 12.0. The van der Waals surface area contributed by atoms with Gasteiger partial charge in [-0.1, -0.05) is 12.1 Å². The van der Waals surface area contributed by atoms with Crippen LogP contribution in [-0.4, -0.2) is 59.7 Å². The van der Waals surface area contributed by atoms with E-state index >= 15 is 0 Å². The molecule has 0 spiro atoms. The molecular weight excluding hydrogens is 492 g/mol. The lowest BCUT2D eigenvalue weighted by Crippen LogP contribution is -2.39. The molecule has 0 radical (unpaired) electrons. The average molecular weight is 521 g/mol. The molecule has 0 N–H and O–H groups in total. The van der Waals surface area contributed by atoms with Crippen molar-refractivity contribution in [1.29, 1.82) is 0 Å². The van der Waals surface area contributed by atoms with Crippen molar-refractivity contribution in [3.63, 3.8) is 0 Å². The molecule has 10 heteroatoms. The summed E-state index contributed by atoms with van der Waals surface area (Å²) in [6, 6.07) is 15.1. The van der Waals surface area contributed by atoms with Crippen LogP contribution in [-0.2, 0) is 20.8 Å². The van der Waals surface area contributed by atoms with Gasteiger partial charge in [0.1, 0.15) is 11.4 Å². The highest BCUT2D eigenvalue weighted by atomic mass is 32.1. The molecule has 1 fully saturated rings. The summed E-state index contributed by atoms with van der Waals surface area (Å²) in [6.07, 6.45) is 2.49. The Morgan fingerprint density at radius 1 is 1.08 bits per heavy atom. The summed E-state index contributed by atoms with van der Waals surface area (Å²) < 4.78 is 11.4. The predicted octanol–water partition coefficient (Wildman–Crippen LogP) is 3.60. The predicted molar refractivity (Wildman–Crippen MR) is 141 cm³/mol. The van der Waals surface area contributed by atoms with E-state index in [0.717, 1.165) is 24.1 Å². The number of rotatable bonds is 7. The molecule has 5 rings (SSSR count). The summed E-state index contributed by atoms with van der Waals surface area (Å²) in [5, 5.41) is 4.44. The van der Waals surface area contributed by atoms with Crippen LogP contribution in [0, 0.1) is 0 Å². The normalized spacial score (nSPS) is 15.7. The maximum absolute atomic E-state index is 13.8. The van der Waals surface area contributed by atoms with Crippen molar-refractivity contribution in [1.82, 2.24) is 14.7 Å². The van der Waals surface area contributed by atoms with Crippen LogP contribution in [0.25, 0.3) is 5.69 Å². The molecule has 192 valence electrons. The largest absolute Gasteiger partial charge is 0.497 e. The Hall–Kier alpha value is -3.79. The first-order chi connectivity index (χ1) is 17.8. The molecule has 0 atom stereocenters. The first kappa shape index (κ1) is 24.9. The fraction of sp³-hybridized carbons (Fsp3) is 0.333. The number of amides is 2. The molecule has 0 unspecified atom stereocenters. The van der Waals surface area contributed by atoms with Gasteiger partial charge in [0.2, 0.25) is 5.91 Å². The molecular formula is C27H28N4O5S. The second-order valence-electron chi connectivity index (χ2n) is 9.57. The Kier molecular flexibility index (Phi) is 6.45. The number of carbonyl (C=O) groups excluding carboxylic acids is 3. The van der Waals surface area contributed by atoms with Crippen molar-refractivity contribution in [3.05, 3.63) is 71.0 Å². The number of fused-ring (bicyclic) bond motifs is 1. The summed E-state index contributed by atoms with van der Waals surface area (Å²) in [5.41, 5.74) is 3.45. The minimum Gasteiger partial charge on any atom is -0.497 e. The number of carbonyl (C=O) groups is 3. The molecule has 3 aromatic rings. The molecule has 9 nitrogen and oxygen atoms in total. The van der Waals surface area contributed by atoms with E-state index in [2.05, 4.69) is 22.2 Å². The number of benzene rings is 2. The highest BCUT2D eigenvalue weighted by Gasteiger charge is 2.45. The van der Waals surface area contributed by atoms with Crippen LogP contribution in [0.2, 0.25) is 0 Å². The zero-order chi connectivity index (χ0) is 26.3. The molecule has 1 aliphatic carbocycles. The Morgan fingerprint density at radius 2 is 1.73 bits per heavy atom. The van der Waals surface area contributed by atoms with Crippen LogP contribution in [0.15, 0.2) is 48.5 Å². The van der Waals surface area contributed by atoms with Crippen LogP contribution in [0.1, 0.15) is 51.9 Å². The Labute approximate surface area is 220 Å². The van der Waals surface area contributed by atoms with Crippen molar-refractivity contribution in [2.24, 2.45) is 0 Å². The van der Waals surface area contributed by atoms with Crippen molar-refractivity contribution >= 4 is 36.4 Å². The fourth-order valence-corrected chi connectivity index (χ4v) is 5.06. The third-order valence-electron chi connectivity index (χ3n) is 7.33. The van der Waals surface area contributed by atoms with E-state index in [0.29, 0.717) is 42.2 Å². The SMILES string of the molecule is COc1ccc(-n2nc(C(=O)OS)c3c2C(=O)N(c2ccc(C4(CN(C)C(C)=O)CC4)cc2)CC3)cc1. The Bertz CT molecular complexity index is 1360. The van der Waals surface area contributed by atoms with Crippen LogP contribution in [0.4, 0.5) is 5.69 Å². The maximum atomic E-state index is 13.8. The molecule has 2 aliphatic rings. The van der Waals surface area contributed by atoms with Gasteiger partial charge in [-0.15, -0.1) is 0 Å². The van der Waals surface area contributed by atoms with Gasteiger partial charge in [-0.05, 0) is 61.2 Å². The second-order valence-corrected chi connectivity index (χ2v) is 9.76. The molecule has 1 saturated carbocycles. The quantitative estimate of drug-likeness (QED) is 0.378. The van der Waals surface area contributed by atoms with E-state index in [1.165, 1.54) is 4.68 Å². The van der Waals surface area contributed by atoms with Crippen LogP contribution >= 0.6 is 12.9 Å². The van der Waals surface area contributed by atoms with Gasteiger partial charge in [-0.25, -0.2) is 9.48 Å². The van der Waals surface area contributed by atoms with Crippen molar-refractivity contribution in [2.75, 3.05) is 32.1 Å². The van der Waals surface area contributed by atoms with E-state index in [4.69, 9.17) is 4.74 Å². The highest BCUT2D eigenvalue weighted by Crippen LogP contribution is 2.49. The monoisotopic (exact) mass is 520 g/mol. The summed E-state index contributed by atoms with van der Waals surface area (Å²) in [5.74, 6) is -0.251. The third-order valence-corrected chi connectivity index (χ3v) is 7.50. The van der Waals surface area contributed by atoms with E-state index < -0.39 is 5.97 Å². The number of likely N-dealkylation sites (N-methyl/N-ethyl adjacent to an activating group) is 1. The molecule has 2 heterocycles. The van der Waals surface area contributed by atoms with Gasteiger partial charge in [-0.3, -0.25) is 9.59 Å². The molecule has 37 heavy (non-hydrogen) atoms. The van der Waals surface area contributed by atoms with Gasteiger partial charge < -0.3 is 18.7 Å². The summed E-state index contributed by atoms with van der Waals surface area (Å²) in [4.78, 5) is 41.4. The first-order valence-corrected chi connectivity index (χ1v) is 12.4. The summed E-state index contributed by atoms with van der Waals surface area (Å²) in [7, 11) is 3.40. The number of anilines is 1. The minimum atomic E-state index is -0.706. The minimum absolute atomic E-state index is 0.0207. The third kappa shape index (κ3) is 4.46. The highest BCUT2D eigenvalue weighted by molar-refractivity contribution is 7.75. The van der Waals surface area contributed by atoms with Crippen LogP contribution < -0.4 is 9.64 Å². The van der Waals surface area contributed by atoms with Gasteiger partial charge in [0.15, 0.2) is 5.69 Å². The summed E-state index contributed by atoms with van der Waals surface area (Å²) >= 11 is 3.65. The number of hydrogen-bond donors (Lipinski definition) is 1. The van der Waals surface area contributed by atoms with Crippen molar-refractivity contribution in [3.8, 4) is 11.4 Å². The van der Waals surface area contributed by atoms with Crippen molar-refractivity contribution in [2.45, 2.75) is 31.6 Å². The van der Waals surface area contributed by atoms with Gasteiger partial charge in [0, 0.05) is 56.6 Å². The number of ether oxygens (including phenoxy) is 1. The Balaban J connectivity index is 1.47. The second kappa shape index (κ2) is 9.59. The molecule has 2 amide bonds. The lowest BCUT2D eigenvalue weighted by atomic mass is 9.94. The molecule has 0 saturated heterocycles. The molecule has 0 bridgehead atoms. The van der Waals surface area contributed by atoms with Gasteiger partial charge in [0.25, 0.3) is 5.91 Å². The topological polar surface area (TPSA) is 94.0 Å². The van der Waals surface area contributed by atoms with E-state index in [1.54, 1.807) is 48.1 Å². The van der Waals surface area contributed by atoms with E-state index in [-0.39, 0.29) is 22.9 Å². The molecule has 1 aromatic heterocycles. The zero-order valence-corrected chi connectivity index (χ0v) is 21.8. The molecule has 2 aromatic carbocycles. The Morgan fingerprint density at radius 3 is 2.30 bits per heavy atom. The van der Waals surface area contributed by atoms with E-state index in [1.807, 2.05) is 31.3 Å². The number of hydrogen-bond acceptors (Lipinski definition) is 7. The van der Waals surface area contributed by atoms with E-state index in [9.17, 15) is 14.4 Å². The fourth-order valence-electron chi connectivity index (χ4n) is 4.97. The number of nitrogens with zero attached hydrogens (tertiary/aromatic N) is 4. The maximum Gasteiger partial charge on any atom is 0.370 e. The van der Waals surface area contributed by atoms with Gasteiger partial charge >= 0.3 is 5.97 Å². The smallest absolute Gasteiger partial charge is 0.370 e. The average Bonchev–Trinajstić information content (AvgIpc) is 3.59.